The van der Waals surface area contributed by atoms with Crippen LogP contribution in [0.1, 0.15) is 81.6 Å². The zero-order valence-electron chi connectivity index (χ0n) is 21.7. The Hall–Kier alpha value is -0.393. The number of likely N-dealkylation sites (tertiary alicyclic amines) is 1. The van der Waals surface area contributed by atoms with Crippen LogP contribution >= 0.6 is 15.9 Å². The van der Waals surface area contributed by atoms with Gasteiger partial charge in [0.1, 0.15) is 11.5 Å². The van der Waals surface area contributed by atoms with E-state index in [4.69, 9.17) is 13.9 Å². The first-order valence-electron chi connectivity index (χ1n) is 12.3. The Morgan fingerprint density at radius 1 is 1.19 bits per heavy atom. The maximum Gasteiger partial charge on any atom is 0.211 e. The van der Waals surface area contributed by atoms with Crippen LogP contribution in [-0.2, 0) is 13.9 Å². The molecule has 5 nitrogen and oxygen atoms in total. The first kappa shape index (κ1) is 26.2. The van der Waals surface area contributed by atoms with E-state index in [9.17, 15) is 5.26 Å². The normalized spacial score (nSPS) is 33.3. The van der Waals surface area contributed by atoms with Crippen molar-refractivity contribution in [3.8, 4) is 6.07 Å². The molecular formula is C25H43BrN2O3Si. The Bertz CT molecular complexity index is 784. The Morgan fingerprint density at radius 3 is 2.22 bits per heavy atom. The lowest BCUT2D eigenvalue weighted by Crippen LogP contribution is -2.56. The second kappa shape index (κ2) is 8.68. The third kappa shape index (κ3) is 3.64. The number of fused-ring (bicyclic) bond motifs is 2. The predicted octanol–water partition coefficient (Wildman–Crippen LogP) is 6.70. The highest BCUT2D eigenvalue weighted by atomic mass is 79.9. The second-order valence-electron chi connectivity index (χ2n) is 11.6. The van der Waals surface area contributed by atoms with E-state index in [0.717, 1.165) is 29.6 Å². The molecule has 4 atom stereocenters. The lowest BCUT2D eigenvalue weighted by Gasteiger charge is -2.48. The van der Waals surface area contributed by atoms with Crippen molar-refractivity contribution in [1.29, 1.82) is 5.26 Å². The van der Waals surface area contributed by atoms with E-state index in [1.54, 1.807) is 7.11 Å². The van der Waals surface area contributed by atoms with Crippen molar-refractivity contribution >= 4 is 24.2 Å². The summed E-state index contributed by atoms with van der Waals surface area (Å²) in [6.45, 7) is 21.1. The van der Waals surface area contributed by atoms with Gasteiger partial charge in [-0.2, -0.15) is 5.26 Å². The second-order valence-corrected chi connectivity index (χ2v) is 17.8. The van der Waals surface area contributed by atoms with Crippen molar-refractivity contribution in [2.45, 2.75) is 121 Å². The van der Waals surface area contributed by atoms with Crippen molar-refractivity contribution in [2.75, 3.05) is 13.7 Å². The number of rotatable bonds is 8. The average molecular weight is 528 g/mol. The fourth-order valence-electron chi connectivity index (χ4n) is 6.92. The minimum absolute atomic E-state index is 0.259. The van der Waals surface area contributed by atoms with Gasteiger partial charge in [-0.25, -0.2) is 0 Å². The van der Waals surface area contributed by atoms with Crippen LogP contribution in [0.3, 0.4) is 0 Å². The van der Waals surface area contributed by atoms with Crippen molar-refractivity contribution < 1.29 is 13.9 Å². The van der Waals surface area contributed by atoms with E-state index in [1.807, 2.05) is 0 Å². The molecule has 2 saturated heterocycles. The van der Waals surface area contributed by atoms with Gasteiger partial charge < -0.3 is 18.8 Å². The minimum Gasteiger partial charge on any atom is -0.384 e. The highest BCUT2D eigenvalue weighted by Crippen LogP contribution is 2.63. The van der Waals surface area contributed by atoms with E-state index in [1.165, 1.54) is 0 Å². The molecule has 182 valence electrons. The van der Waals surface area contributed by atoms with Gasteiger partial charge in [-0.1, -0.05) is 41.5 Å². The monoisotopic (exact) mass is 526 g/mol. The fourth-order valence-corrected chi connectivity index (χ4v) is 13.7. The highest BCUT2D eigenvalue weighted by Gasteiger charge is 2.69. The average Bonchev–Trinajstić information content (AvgIpc) is 3.34. The standard InChI is InChI=1S/C25H43BrN2O3Si/c1-16(2)32(17(3)4,18(5)6)31-25-19(15-27)14-24(9,30-25)22(21(25)26)28-13-11-12-20(28)23(7,8)29-10/h16-20H,11-14H2,1-10H3/t19-,20+,24+,25+/m1/s1. The van der Waals surface area contributed by atoms with Crippen LogP contribution in [-0.4, -0.2) is 49.9 Å². The van der Waals surface area contributed by atoms with Crippen LogP contribution in [0, 0.1) is 17.2 Å². The Kier molecular flexibility index (Phi) is 7.11. The summed E-state index contributed by atoms with van der Waals surface area (Å²) >= 11 is 3.98. The Balaban J connectivity index is 2.15. The van der Waals surface area contributed by atoms with Gasteiger partial charge in [0.15, 0.2) is 0 Å². The molecule has 0 aliphatic carbocycles. The van der Waals surface area contributed by atoms with Gasteiger partial charge in [0.2, 0.25) is 14.1 Å². The highest BCUT2D eigenvalue weighted by molar-refractivity contribution is 9.11. The van der Waals surface area contributed by atoms with Crippen LogP contribution in [0.2, 0.25) is 16.6 Å². The lowest BCUT2D eigenvalue weighted by molar-refractivity contribution is -0.164. The third-order valence-electron chi connectivity index (χ3n) is 8.50. The molecule has 3 heterocycles. The third-order valence-corrected chi connectivity index (χ3v) is 15.5. The first-order valence-corrected chi connectivity index (χ1v) is 15.2. The predicted molar refractivity (Wildman–Crippen MR) is 135 cm³/mol. The number of nitriles is 1. The molecule has 3 aliphatic rings. The van der Waals surface area contributed by atoms with E-state index < -0.39 is 19.7 Å². The molecule has 0 N–H and O–H groups in total. The molecule has 3 aliphatic heterocycles. The SMILES string of the molecule is COC(C)(C)[C@@H]1CCCN1C1=C(Br)[C@]2(O[Si](C(C)C)(C(C)C)C(C)C)O[C@@]1(C)C[C@@H]2C#N. The molecule has 3 rings (SSSR count). The molecule has 0 unspecified atom stereocenters. The molecule has 7 heteroatoms. The van der Waals surface area contributed by atoms with Crippen molar-refractivity contribution in [1.82, 2.24) is 4.90 Å². The molecule has 0 aromatic carbocycles. The van der Waals surface area contributed by atoms with Gasteiger partial charge in [0.05, 0.1) is 27.9 Å². The zero-order valence-corrected chi connectivity index (χ0v) is 24.3. The smallest absolute Gasteiger partial charge is 0.211 e. The molecule has 2 fully saturated rings. The van der Waals surface area contributed by atoms with E-state index in [-0.39, 0.29) is 17.6 Å². The number of halogens is 1. The van der Waals surface area contributed by atoms with E-state index >= 15 is 0 Å². The fraction of sp³-hybridized carbons (Fsp3) is 0.880. The van der Waals surface area contributed by atoms with Gasteiger partial charge in [-0.3, -0.25) is 0 Å². The van der Waals surface area contributed by atoms with Gasteiger partial charge in [-0.15, -0.1) is 0 Å². The molecule has 0 spiro atoms. The maximum atomic E-state index is 10.2. The number of hydrogen-bond donors (Lipinski definition) is 0. The van der Waals surface area contributed by atoms with Crippen LogP contribution in [0.5, 0.6) is 0 Å². The number of methoxy groups -OCH3 is 1. The minimum atomic E-state index is -2.31. The van der Waals surface area contributed by atoms with Crippen molar-refractivity contribution in [3.63, 3.8) is 0 Å². The number of nitrogens with zero attached hydrogens (tertiary/aromatic N) is 2. The summed E-state index contributed by atoms with van der Waals surface area (Å²) in [5.74, 6) is -1.35. The Morgan fingerprint density at radius 2 is 1.75 bits per heavy atom. The van der Waals surface area contributed by atoms with Crippen LogP contribution in [0.4, 0.5) is 0 Å². The van der Waals surface area contributed by atoms with Gasteiger partial charge >= 0.3 is 0 Å². The molecule has 0 aromatic rings. The number of hydrogen-bond acceptors (Lipinski definition) is 5. The maximum absolute atomic E-state index is 10.2. The topological polar surface area (TPSA) is 54.7 Å². The molecule has 0 radical (unpaired) electrons. The lowest BCUT2D eigenvalue weighted by atomic mass is 9.82. The Labute approximate surface area is 205 Å². The zero-order chi connectivity index (χ0) is 24.3. The van der Waals surface area contributed by atoms with E-state index in [0.29, 0.717) is 23.0 Å². The molecule has 0 aromatic heterocycles. The van der Waals surface area contributed by atoms with Crippen LogP contribution in [0.15, 0.2) is 10.2 Å². The van der Waals surface area contributed by atoms with Crippen molar-refractivity contribution in [3.05, 3.63) is 10.2 Å². The molecular weight excluding hydrogens is 484 g/mol. The van der Waals surface area contributed by atoms with E-state index in [2.05, 4.69) is 89.2 Å². The van der Waals surface area contributed by atoms with Gasteiger partial charge in [0, 0.05) is 20.1 Å². The van der Waals surface area contributed by atoms with Gasteiger partial charge in [0.25, 0.3) is 0 Å². The van der Waals surface area contributed by atoms with Crippen LogP contribution < -0.4 is 0 Å². The van der Waals surface area contributed by atoms with Crippen LogP contribution in [0.25, 0.3) is 0 Å². The first-order chi connectivity index (χ1) is 14.7. The summed E-state index contributed by atoms with van der Waals surface area (Å²) in [5.41, 5.74) is 1.56. The summed E-state index contributed by atoms with van der Waals surface area (Å²) < 4.78 is 21.0. The number of ether oxygens (including phenoxy) is 2. The summed E-state index contributed by atoms with van der Waals surface area (Å²) in [6.07, 6.45) is 2.86. The summed E-state index contributed by atoms with van der Waals surface area (Å²) in [7, 11) is -0.510. The van der Waals surface area contributed by atoms with Crippen molar-refractivity contribution in [2.24, 2.45) is 5.92 Å². The van der Waals surface area contributed by atoms with Gasteiger partial charge in [-0.05, 0) is 66.2 Å². The summed E-state index contributed by atoms with van der Waals surface area (Å²) in [6, 6.07) is 2.82. The quantitative estimate of drug-likeness (QED) is 0.329. The summed E-state index contributed by atoms with van der Waals surface area (Å²) in [4.78, 5) is 2.48. The molecule has 2 bridgehead atoms. The molecule has 0 amide bonds. The molecule has 0 saturated carbocycles. The molecule has 32 heavy (non-hydrogen) atoms. The largest absolute Gasteiger partial charge is 0.384 e. The summed E-state index contributed by atoms with van der Waals surface area (Å²) in [5, 5.41) is 10.2.